The minimum atomic E-state index is -0.292. The number of hydrogen-bond donors (Lipinski definition) is 2. The van der Waals surface area contributed by atoms with E-state index in [0.29, 0.717) is 36.2 Å². The van der Waals surface area contributed by atoms with Gasteiger partial charge in [-0.25, -0.2) is 19.3 Å². The summed E-state index contributed by atoms with van der Waals surface area (Å²) in [7, 11) is 0. The molecule has 0 bridgehead atoms. The van der Waals surface area contributed by atoms with Crippen LogP contribution in [0.2, 0.25) is 0 Å². The van der Waals surface area contributed by atoms with E-state index >= 15 is 0 Å². The van der Waals surface area contributed by atoms with Crippen molar-refractivity contribution in [3.05, 3.63) is 22.4 Å². The first-order valence-corrected chi connectivity index (χ1v) is 6.58. The van der Waals surface area contributed by atoms with Gasteiger partial charge in [0, 0.05) is 12.6 Å². The van der Waals surface area contributed by atoms with Crippen molar-refractivity contribution in [3.63, 3.8) is 0 Å². The van der Waals surface area contributed by atoms with Crippen molar-refractivity contribution in [2.75, 3.05) is 24.6 Å². The molecule has 106 valence electrons. The van der Waals surface area contributed by atoms with Crippen LogP contribution in [0.25, 0.3) is 5.65 Å². The average molecular weight is 294 g/mol. The maximum Gasteiger partial charge on any atom is 0.349 e. The fourth-order valence-corrected chi connectivity index (χ4v) is 2.42. The summed E-state index contributed by atoms with van der Waals surface area (Å²) < 4.78 is 6.93. The predicted octanol–water partition coefficient (Wildman–Crippen LogP) is -0.783. The van der Waals surface area contributed by atoms with Gasteiger partial charge in [0.1, 0.15) is 22.7 Å². The Morgan fingerprint density at radius 2 is 2.45 bits per heavy atom. The second kappa shape index (κ2) is 4.84. The van der Waals surface area contributed by atoms with E-state index in [4.69, 9.17) is 22.7 Å². The molecule has 1 aliphatic rings. The Balaban J connectivity index is 1.97. The average Bonchev–Trinajstić information content (AvgIpc) is 2.81. The highest BCUT2D eigenvalue weighted by molar-refractivity contribution is 7.80. The Morgan fingerprint density at radius 1 is 1.65 bits per heavy atom. The molecule has 3 heterocycles. The summed E-state index contributed by atoms with van der Waals surface area (Å²) in [6, 6.07) is 1.76. The van der Waals surface area contributed by atoms with E-state index in [-0.39, 0.29) is 11.8 Å². The highest BCUT2D eigenvalue weighted by Gasteiger charge is 2.24. The maximum atomic E-state index is 11.6. The van der Waals surface area contributed by atoms with Gasteiger partial charge in [0.25, 0.3) is 0 Å². The van der Waals surface area contributed by atoms with Crippen molar-refractivity contribution in [2.24, 2.45) is 5.73 Å². The molecule has 20 heavy (non-hydrogen) atoms. The first-order chi connectivity index (χ1) is 9.56. The van der Waals surface area contributed by atoms with Gasteiger partial charge in [0.05, 0.1) is 13.2 Å². The van der Waals surface area contributed by atoms with Gasteiger partial charge >= 0.3 is 5.69 Å². The van der Waals surface area contributed by atoms with Gasteiger partial charge in [-0.1, -0.05) is 12.2 Å². The molecule has 3 N–H and O–H groups in total. The van der Waals surface area contributed by atoms with E-state index in [1.807, 2.05) is 4.90 Å². The molecular weight excluding hydrogens is 280 g/mol. The molecule has 0 amide bonds. The van der Waals surface area contributed by atoms with Crippen LogP contribution in [0.1, 0.15) is 5.82 Å². The number of thiocarbonyl (C=S) groups is 1. The van der Waals surface area contributed by atoms with Crippen LogP contribution in [0, 0.1) is 6.92 Å². The van der Waals surface area contributed by atoms with Gasteiger partial charge in [-0.2, -0.15) is 5.10 Å². The Bertz CT molecular complexity index is 723. The lowest BCUT2D eigenvalue weighted by atomic mass is 10.2. The molecule has 2 aromatic rings. The van der Waals surface area contributed by atoms with Crippen molar-refractivity contribution in [3.8, 4) is 0 Å². The summed E-state index contributed by atoms with van der Waals surface area (Å²) in [5.41, 5.74) is 5.87. The fourth-order valence-electron chi connectivity index (χ4n) is 2.27. The lowest BCUT2D eigenvalue weighted by Gasteiger charge is -2.33. The SMILES string of the molecule is Cc1nc(N2CCOC(C(N)=S)C2)cc2n[nH]c(=O)n12. The monoisotopic (exact) mass is 294 g/mol. The molecule has 1 unspecified atom stereocenters. The summed E-state index contributed by atoms with van der Waals surface area (Å²) in [6.07, 6.45) is -0.279. The third kappa shape index (κ3) is 2.14. The minimum absolute atomic E-state index is 0.279. The second-order valence-corrected chi connectivity index (χ2v) is 5.06. The third-order valence-corrected chi connectivity index (χ3v) is 3.53. The largest absolute Gasteiger partial charge is 0.391 e. The van der Waals surface area contributed by atoms with E-state index in [9.17, 15) is 4.79 Å². The van der Waals surface area contributed by atoms with E-state index in [2.05, 4.69) is 15.2 Å². The first kappa shape index (κ1) is 13.0. The van der Waals surface area contributed by atoms with Gasteiger partial charge in [0.15, 0.2) is 5.65 Å². The molecule has 3 rings (SSSR count). The topological polar surface area (TPSA) is 102 Å². The number of aryl methyl sites for hydroxylation is 1. The van der Waals surface area contributed by atoms with Gasteiger partial charge in [-0.3, -0.25) is 0 Å². The van der Waals surface area contributed by atoms with Crippen LogP contribution in [0.4, 0.5) is 5.82 Å². The molecule has 1 fully saturated rings. The van der Waals surface area contributed by atoms with Crippen molar-refractivity contribution in [1.29, 1.82) is 0 Å². The number of aromatic nitrogens is 4. The number of hydrogen-bond acceptors (Lipinski definition) is 6. The number of fused-ring (bicyclic) bond motifs is 1. The Hall–Kier alpha value is -2.00. The van der Waals surface area contributed by atoms with Gasteiger partial charge in [0.2, 0.25) is 0 Å². The van der Waals surface area contributed by atoms with Crippen LogP contribution in [0.15, 0.2) is 10.9 Å². The molecule has 9 heteroatoms. The molecule has 0 spiro atoms. The molecule has 1 atom stereocenters. The van der Waals surface area contributed by atoms with Gasteiger partial charge in [-0.05, 0) is 6.92 Å². The van der Waals surface area contributed by atoms with Crippen LogP contribution in [-0.2, 0) is 4.74 Å². The first-order valence-electron chi connectivity index (χ1n) is 6.17. The molecule has 0 radical (unpaired) electrons. The Kier molecular flexibility index (Phi) is 3.14. The number of rotatable bonds is 2. The highest BCUT2D eigenvalue weighted by Crippen LogP contribution is 2.17. The lowest BCUT2D eigenvalue weighted by molar-refractivity contribution is 0.0844. The molecule has 1 saturated heterocycles. The van der Waals surface area contributed by atoms with Crippen LogP contribution < -0.4 is 16.3 Å². The number of nitrogens with zero attached hydrogens (tertiary/aromatic N) is 4. The smallest absolute Gasteiger partial charge is 0.349 e. The lowest BCUT2D eigenvalue weighted by Crippen LogP contribution is -2.48. The summed E-state index contributed by atoms with van der Waals surface area (Å²) in [4.78, 5) is 18.4. The highest BCUT2D eigenvalue weighted by atomic mass is 32.1. The number of nitrogens with one attached hydrogen (secondary N) is 1. The zero-order valence-electron chi connectivity index (χ0n) is 10.9. The molecule has 0 saturated carbocycles. The number of nitrogens with two attached hydrogens (primary N) is 1. The molecule has 2 aromatic heterocycles. The van der Waals surface area contributed by atoms with Gasteiger partial charge in [-0.15, -0.1) is 0 Å². The normalized spacial score (nSPS) is 19.4. The zero-order valence-corrected chi connectivity index (χ0v) is 11.7. The third-order valence-electron chi connectivity index (χ3n) is 3.26. The van der Waals surface area contributed by atoms with Crippen LogP contribution in [0.5, 0.6) is 0 Å². The molecule has 1 aliphatic heterocycles. The Morgan fingerprint density at radius 3 is 3.20 bits per heavy atom. The van der Waals surface area contributed by atoms with E-state index in [0.717, 1.165) is 5.82 Å². The van der Waals surface area contributed by atoms with E-state index < -0.39 is 0 Å². The zero-order chi connectivity index (χ0) is 14.3. The van der Waals surface area contributed by atoms with Crippen LogP contribution in [-0.4, -0.2) is 50.4 Å². The van der Waals surface area contributed by atoms with E-state index in [1.54, 1.807) is 13.0 Å². The van der Waals surface area contributed by atoms with Crippen molar-refractivity contribution < 1.29 is 4.74 Å². The number of anilines is 1. The molecule has 8 nitrogen and oxygen atoms in total. The predicted molar refractivity (Wildman–Crippen MR) is 77.1 cm³/mol. The summed E-state index contributed by atoms with van der Waals surface area (Å²) in [6.45, 7) is 3.53. The quantitative estimate of drug-likeness (QED) is 0.700. The number of ether oxygens (including phenoxy) is 1. The fraction of sp³-hybridized carbons (Fsp3) is 0.455. The van der Waals surface area contributed by atoms with E-state index in [1.165, 1.54) is 4.40 Å². The molecule has 0 aromatic carbocycles. The van der Waals surface area contributed by atoms with Crippen LogP contribution in [0.3, 0.4) is 0 Å². The van der Waals surface area contributed by atoms with Crippen LogP contribution >= 0.6 is 12.2 Å². The number of aromatic amines is 1. The molecule has 0 aliphatic carbocycles. The standard InChI is InChI=1S/C11H14N6O2S/c1-6-13-8(4-9-14-15-11(18)17(6)9)16-2-3-19-7(5-16)10(12)20/h4,7H,2-3,5H2,1H3,(H2,12,20)(H,15,18). The molecular formula is C11H14N6O2S. The Labute approximate surface area is 119 Å². The summed E-state index contributed by atoms with van der Waals surface area (Å²) in [5.74, 6) is 1.31. The van der Waals surface area contributed by atoms with Crippen molar-refractivity contribution in [2.45, 2.75) is 13.0 Å². The summed E-state index contributed by atoms with van der Waals surface area (Å²) in [5, 5.41) is 6.37. The number of H-pyrrole nitrogens is 1. The number of morpholine rings is 1. The van der Waals surface area contributed by atoms with Crippen molar-refractivity contribution in [1.82, 2.24) is 19.6 Å². The van der Waals surface area contributed by atoms with Crippen molar-refractivity contribution >= 4 is 28.7 Å². The van der Waals surface area contributed by atoms with Gasteiger partial charge < -0.3 is 15.4 Å². The minimum Gasteiger partial charge on any atom is -0.391 e. The summed E-state index contributed by atoms with van der Waals surface area (Å²) >= 11 is 4.97. The maximum absolute atomic E-state index is 11.6. The second-order valence-electron chi connectivity index (χ2n) is 4.59.